The minimum atomic E-state index is -0.00522. The van der Waals surface area contributed by atoms with Crippen molar-refractivity contribution in [1.82, 2.24) is 24.8 Å². The van der Waals surface area contributed by atoms with Gasteiger partial charge >= 0.3 is 0 Å². The van der Waals surface area contributed by atoms with E-state index < -0.39 is 0 Å². The maximum Gasteiger partial charge on any atom is 0.222 e. The molecule has 0 radical (unpaired) electrons. The molecule has 3 heterocycles. The van der Waals surface area contributed by atoms with Gasteiger partial charge in [-0.05, 0) is 18.9 Å². The SMILES string of the molecule is CCc1nccn1CCC(=O)NCc1ccnc([C@H]2CCCO2)n1. The third-order valence-corrected chi connectivity index (χ3v) is 4.11. The number of aromatic nitrogens is 4. The van der Waals surface area contributed by atoms with E-state index in [1.54, 1.807) is 12.4 Å². The molecule has 0 aromatic carbocycles. The number of rotatable bonds is 7. The van der Waals surface area contributed by atoms with E-state index in [2.05, 4.69) is 27.2 Å². The third kappa shape index (κ3) is 4.17. The monoisotopic (exact) mass is 329 g/mol. The number of carbonyl (C=O) groups is 1. The summed E-state index contributed by atoms with van der Waals surface area (Å²) in [4.78, 5) is 25.1. The lowest BCUT2D eigenvalue weighted by Crippen LogP contribution is -2.25. The van der Waals surface area contributed by atoms with E-state index in [0.717, 1.165) is 37.4 Å². The Kier molecular flexibility index (Phi) is 5.53. The summed E-state index contributed by atoms with van der Waals surface area (Å²) in [5, 5.41) is 2.91. The lowest BCUT2D eigenvalue weighted by Gasteiger charge is -2.10. The molecule has 3 rings (SSSR count). The largest absolute Gasteiger partial charge is 0.370 e. The second-order valence-corrected chi connectivity index (χ2v) is 5.82. The number of amides is 1. The van der Waals surface area contributed by atoms with Gasteiger partial charge in [0.25, 0.3) is 0 Å². The summed E-state index contributed by atoms with van der Waals surface area (Å²) in [6.45, 7) is 3.87. The van der Waals surface area contributed by atoms with Crippen LogP contribution in [0, 0.1) is 0 Å². The van der Waals surface area contributed by atoms with Gasteiger partial charge in [-0.2, -0.15) is 0 Å². The Morgan fingerprint density at radius 2 is 2.33 bits per heavy atom. The van der Waals surface area contributed by atoms with Crippen LogP contribution in [0.2, 0.25) is 0 Å². The van der Waals surface area contributed by atoms with E-state index in [-0.39, 0.29) is 12.0 Å². The summed E-state index contributed by atoms with van der Waals surface area (Å²) in [5.41, 5.74) is 0.806. The molecular weight excluding hydrogens is 306 g/mol. The number of nitrogens with one attached hydrogen (secondary N) is 1. The van der Waals surface area contributed by atoms with Crippen LogP contribution in [0.5, 0.6) is 0 Å². The highest BCUT2D eigenvalue weighted by molar-refractivity contribution is 5.75. The number of hydrogen-bond donors (Lipinski definition) is 1. The van der Waals surface area contributed by atoms with Crippen molar-refractivity contribution in [2.45, 2.75) is 51.8 Å². The number of aryl methyl sites for hydroxylation is 2. The smallest absolute Gasteiger partial charge is 0.222 e. The van der Waals surface area contributed by atoms with E-state index in [4.69, 9.17) is 4.74 Å². The van der Waals surface area contributed by atoms with Crippen molar-refractivity contribution in [3.05, 3.63) is 42.0 Å². The van der Waals surface area contributed by atoms with Gasteiger partial charge in [0.05, 0.1) is 12.2 Å². The minimum absolute atomic E-state index is 0.00281. The van der Waals surface area contributed by atoms with Crippen LogP contribution in [-0.4, -0.2) is 32.0 Å². The van der Waals surface area contributed by atoms with Crippen LogP contribution in [-0.2, 0) is 29.0 Å². The van der Waals surface area contributed by atoms with Crippen LogP contribution in [0.25, 0.3) is 0 Å². The number of hydrogen-bond acceptors (Lipinski definition) is 5. The van der Waals surface area contributed by atoms with Crippen LogP contribution >= 0.6 is 0 Å². The quantitative estimate of drug-likeness (QED) is 0.837. The Morgan fingerprint density at radius 3 is 3.12 bits per heavy atom. The van der Waals surface area contributed by atoms with Crippen LogP contribution in [0.3, 0.4) is 0 Å². The fraction of sp³-hybridized carbons (Fsp3) is 0.529. The summed E-state index contributed by atoms with van der Waals surface area (Å²) < 4.78 is 7.61. The first kappa shape index (κ1) is 16.6. The highest BCUT2D eigenvalue weighted by atomic mass is 16.5. The predicted octanol–water partition coefficient (Wildman–Crippen LogP) is 1.79. The minimum Gasteiger partial charge on any atom is -0.370 e. The van der Waals surface area contributed by atoms with Gasteiger partial charge in [0, 0.05) is 44.6 Å². The van der Waals surface area contributed by atoms with Crippen LogP contribution in [0.1, 0.15) is 49.6 Å². The summed E-state index contributed by atoms with van der Waals surface area (Å²) in [6.07, 6.45) is 8.69. The summed E-state index contributed by atoms with van der Waals surface area (Å²) >= 11 is 0. The summed E-state index contributed by atoms with van der Waals surface area (Å²) in [7, 11) is 0. The first-order valence-corrected chi connectivity index (χ1v) is 8.46. The number of ether oxygens (including phenoxy) is 1. The molecule has 0 unspecified atom stereocenters. The standard InChI is InChI=1S/C17H23N5O2/c1-2-15-18-8-10-22(15)9-6-16(23)20-12-13-5-7-19-17(21-13)14-4-3-11-24-14/h5,7-8,10,14H,2-4,6,9,11-12H2,1H3,(H,20,23)/t14-/m1/s1. The van der Waals surface area contributed by atoms with Crippen molar-refractivity contribution < 1.29 is 9.53 Å². The second-order valence-electron chi connectivity index (χ2n) is 5.82. The van der Waals surface area contributed by atoms with Gasteiger partial charge in [0.2, 0.25) is 5.91 Å². The molecule has 0 saturated carbocycles. The topological polar surface area (TPSA) is 81.9 Å². The van der Waals surface area contributed by atoms with E-state index in [1.807, 2.05) is 16.8 Å². The van der Waals surface area contributed by atoms with Gasteiger partial charge in [-0.25, -0.2) is 15.0 Å². The Balaban J connectivity index is 1.48. The van der Waals surface area contributed by atoms with E-state index in [1.165, 1.54) is 0 Å². The molecular formula is C17H23N5O2. The molecule has 2 aromatic rings. The Morgan fingerprint density at radius 1 is 1.42 bits per heavy atom. The molecule has 7 nitrogen and oxygen atoms in total. The molecule has 1 atom stereocenters. The normalized spacial score (nSPS) is 17.1. The molecule has 0 spiro atoms. The average Bonchev–Trinajstić information content (AvgIpc) is 3.29. The lowest BCUT2D eigenvalue weighted by atomic mass is 10.2. The highest BCUT2D eigenvalue weighted by Gasteiger charge is 2.20. The Labute approximate surface area is 141 Å². The summed E-state index contributed by atoms with van der Waals surface area (Å²) in [5.74, 6) is 1.72. The van der Waals surface area contributed by atoms with Crippen molar-refractivity contribution in [2.75, 3.05) is 6.61 Å². The maximum absolute atomic E-state index is 12.0. The lowest BCUT2D eigenvalue weighted by molar-refractivity contribution is -0.121. The third-order valence-electron chi connectivity index (χ3n) is 4.11. The van der Waals surface area contributed by atoms with Crippen LogP contribution < -0.4 is 5.32 Å². The van der Waals surface area contributed by atoms with Crippen molar-refractivity contribution in [2.24, 2.45) is 0 Å². The molecule has 1 amide bonds. The Hall–Kier alpha value is -2.28. The van der Waals surface area contributed by atoms with Crippen molar-refractivity contribution in [1.29, 1.82) is 0 Å². The molecule has 1 saturated heterocycles. The molecule has 2 aromatic heterocycles. The molecule has 1 N–H and O–H groups in total. The van der Waals surface area contributed by atoms with Gasteiger partial charge in [-0.1, -0.05) is 6.92 Å². The maximum atomic E-state index is 12.0. The molecule has 128 valence electrons. The van der Waals surface area contributed by atoms with Gasteiger partial charge in [-0.3, -0.25) is 4.79 Å². The highest BCUT2D eigenvalue weighted by Crippen LogP contribution is 2.25. The molecule has 0 bridgehead atoms. The number of nitrogens with zero attached hydrogens (tertiary/aromatic N) is 4. The van der Waals surface area contributed by atoms with E-state index >= 15 is 0 Å². The number of carbonyl (C=O) groups excluding carboxylic acids is 1. The van der Waals surface area contributed by atoms with Crippen molar-refractivity contribution in [3.63, 3.8) is 0 Å². The molecule has 24 heavy (non-hydrogen) atoms. The first-order valence-electron chi connectivity index (χ1n) is 8.46. The molecule has 7 heteroatoms. The van der Waals surface area contributed by atoms with E-state index in [0.29, 0.717) is 25.3 Å². The molecule has 1 aliphatic rings. The van der Waals surface area contributed by atoms with E-state index in [9.17, 15) is 4.79 Å². The second kappa shape index (κ2) is 8.01. The molecule has 1 aliphatic heterocycles. The average molecular weight is 329 g/mol. The van der Waals surface area contributed by atoms with Gasteiger partial charge in [0.1, 0.15) is 11.9 Å². The molecule has 1 fully saturated rings. The number of imidazole rings is 1. The van der Waals surface area contributed by atoms with Gasteiger partial charge < -0.3 is 14.6 Å². The fourth-order valence-corrected chi connectivity index (χ4v) is 2.81. The van der Waals surface area contributed by atoms with Gasteiger partial charge in [-0.15, -0.1) is 0 Å². The molecule has 0 aliphatic carbocycles. The van der Waals surface area contributed by atoms with Crippen LogP contribution in [0.4, 0.5) is 0 Å². The van der Waals surface area contributed by atoms with Gasteiger partial charge in [0.15, 0.2) is 5.82 Å². The predicted molar refractivity (Wildman–Crippen MR) is 88.0 cm³/mol. The zero-order chi connectivity index (χ0) is 16.8. The van der Waals surface area contributed by atoms with Crippen molar-refractivity contribution >= 4 is 5.91 Å². The Bertz CT molecular complexity index is 679. The first-order chi connectivity index (χ1) is 11.8. The zero-order valence-electron chi connectivity index (χ0n) is 13.9. The summed E-state index contributed by atoms with van der Waals surface area (Å²) in [6, 6.07) is 1.82. The van der Waals surface area contributed by atoms with Crippen molar-refractivity contribution in [3.8, 4) is 0 Å². The fourth-order valence-electron chi connectivity index (χ4n) is 2.81. The van der Waals surface area contributed by atoms with Crippen LogP contribution in [0.15, 0.2) is 24.7 Å². The zero-order valence-corrected chi connectivity index (χ0v) is 13.9.